The Morgan fingerprint density at radius 2 is 2.32 bits per heavy atom. The van der Waals surface area contributed by atoms with E-state index >= 15 is 0 Å². The summed E-state index contributed by atoms with van der Waals surface area (Å²) in [6.07, 6.45) is 1.88. The van der Waals surface area contributed by atoms with E-state index in [1.165, 1.54) is 4.88 Å². The van der Waals surface area contributed by atoms with Crippen LogP contribution in [-0.4, -0.2) is 29.2 Å². The van der Waals surface area contributed by atoms with Crippen LogP contribution >= 0.6 is 22.9 Å². The molecule has 0 aliphatic carbocycles. The van der Waals surface area contributed by atoms with E-state index in [9.17, 15) is 4.79 Å². The number of aromatic nitrogens is 2. The van der Waals surface area contributed by atoms with Crippen LogP contribution in [0.3, 0.4) is 0 Å². The summed E-state index contributed by atoms with van der Waals surface area (Å²) >= 11 is 7.42. The summed E-state index contributed by atoms with van der Waals surface area (Å²) in [6, 6.07) is 7.60. The van der Waals surface area contributed by atoms with E-state index in [-0.39, 0.29) is 11.8 Å². The summed E-state index contributed by atoms with van der Waals surface area (Å²) in [5.74, 6) is 0.881. The summed E-state index contributed by atoms with van der Waals surface area (Å²) in [7, 11) is 0. The molecular formula is C15H17ClN4OS. The van der Waals surface area contributed by atoms with Crippen molar-refractivity contribution in [3.63, 3.8) is 0 Å². The predicted octanol–water partition coefficient (Wildman–Crippen LogP) is 2.72. The first-order chi connectivity index (χ1) is 10.7. The highest BCUT2D eigenvalue weighted by atomic mass is 35.5. The normalized spacial score (nSPS) is 18.2. The second kappa shape index (κ2) is 7.07. The molecule has 1 aliphatic heterocycles. The van der Waals surface area contributed by atoms with Gasteiger partial charge in [0.05, 0.1) is 12.5 Å². The Morgan fingerprint density at radius 1 is 1.41 bits per heavy atom. The zero-order valence-electron chi connectivity index (χ0n) is 12.0. The van der Waals surface area contributed by atoms with E-state index < -0.39 is 0 Å². The Labute approximate surface area is 138 Å². The monoisotopic (exact) mass is 336 g/mol. The minimum Gasteiger partial charge on any atom is -0.354 e. The lowest BCUT2D eigenvalue weighted by molar-refractivity contribution is -0.125. The molecular weight excluding hydrogens is 320 g/mol. The Morgan fingerprint density at radius 3 is 3.05 bits per heavy atom. The first-order valence-corrected chi connectivity index (χ1v) is 8.52. The van der Waals surface area contributed by atoms with Gasteiger partial charge in [-0.1, -0.05) is 17.7 Å². The number of nitrogens with zero attached hydrogens (tertiary/aromatic N) is 3. The van der Waals surface area contributed by atoms with Crippen molar-refractivity contribution in [2.45, 2.75) is 19.4 Å². The lowest BCUT2D eigenvalue weighted by atomic mass is 9.97. The minimum atomic E-state index is -0.00816. The smallest absolute Gasteiger partial charge is 0.225 e. The number of carbonyl (C=O) groups excluding carboxylic acids is 1. The zero-order valence-corrected chi connectivity index (χ0v) is 13.6. The molecule has 3 rings (SSSR count). The number of rotatable bonds is 4. The second-order valence-electron chi connectivity index (χ2n) is 5.30. The van der Waals surface area contributed by atoms with Gasteiger partial charge in [0.2, 0.25) is 5.91 Å². The van der Waals surface area contributed by atoms with E-state index in [4.69, 9.17) is 11.6 Å². The van der Waals surface area contributed by atoms with Crippen molar-refractivity contribution >= 4 is 34.7 Å². The van der Waals surface area contributed by atoms with Crippen molar-refractivity contribution in [2.75, 3.05) is 18.0 Å². The standard InChI is InChI=1S/C15H17ClN4OS/c16-13-5-6-14(19-18-13)20-7-1-3-11(10-20)15(21)17-9-12-4-2-8-22-12/h2,4-6,8,11H,1,3,7,9-10H2,(H,17,21)/t11-/m1/s1. The molecule has 2 aromatic heterocycles. The van der Waals surface area contributed by atoms with Gasteiger partial charge in [0.1, 0.15) is 0 Å². The van der Waals surface area contributed by atoms with Crippen molar-refractivity contribution < 1.29 is 4.79 Å². The first-order valence-electron chi connectivity index (χ1n) is 7.26. The molecule has 0 spiro atoms. The summed E-state index contributed by atoms with van der Waals surface area (Å²) in [5.41, 5.74) is 0. The van der Waals surface area contributed by atoms with Gasteiger partial charge < -0.3 is 10.2 Å². The highest BCUT2D eigenvalue weighted by molar-refractivity contribution is 7.09. The number of carbonyl (C=O) groups is 1. The lowest BCUT2D eigenvalue weighted by Crippen LogP contribution is -2.43. The topological polar surface area (TPSA) is 58.1 Å². The van der Waals surface area contributed by atoms with Crippen LogP contribution in [0.4, 0.5) is 5.82 Å². The summed E-state index contributed by atoms with van der Waals surface area (Å²) < 4.78 is 0. The number of thiophene rings is 1. The van der Waals surface area contributed by atoms with E-state index in [0.717, 1.165) is 25.2 Å². The largest absolute Gasteiger partial charge is 0.354 e. The van der Waals surface area contributed by atoms with E-state index in [1.807, 2.05) is 23.6 Å². The fraction of sp³-hybridized carbons (Fsp3) is 0.400. The Hall–Kier alpha value is -1.66. The van der Waals surface area contributed by atoms with Gasteiger partial charge in [-0.15, -0.1) is 21.5 Å². The van der Waals surface area contributed by atoms with Gasteiger partial charge in [0.15, 0.2) is 11.0 Å². The number of amides is 1. The third kappa shape index (κ3) is 3.75. The molecule has 1 saturated heterocycles. The SMILES string of the molecule is O=C(NCc1cccs1)[C@@H]1CCCN(c2ccc(Cl)nn2)C1. The molecule has 7 heteroatoms. The van der Waals surface area contributed by atoms with Crippen molar-refractivity contribution in [1.29, 1.82) is 0 Å². The van der Waals surface area contributed by atoms with E-state index in [2.05, 4.69) is 20.4 Å². The van der Waals surface area contributed by atoms with Crippen LogP contribution < -0.4 is 10.2 Å². The average Bonchev–Trinajstić information content (AvgIpc) is 3.07. The second-order valence-corrected chi connectivity index (χ2v) is 6.72. The van der Waals surface area contributed by atoms with Crippen molar-refractivity contribution in [1.82, 2.24) is 15.5 Å². The lowest BCUT2D eigenvalue weighted by Gasteiger charge is -2.32. The van der Waals surface area contributed by atoms with Gasteiger partial charge in [-0.2, -0.15) is 0 Å². The maximum absolute atomic E-state index is 12.3. The number of anilines is 1. The Balaban J connectivity index is 1.57. The van der Waals surface area contributed by atoms with Gasteiger partial charge >= 0.3 is 0 Å². The highest BCUT2D eigenvalue weighted by Gasteiger charge is 2.26. The summed E-state index contributed by atoms with van der Waals surface area (Å²) in [4.78, 5) is 15.6. The van der Waals surface area contributed by atoms with Crippen LogP contribution in [0.2, 0.25) is 5.15 Å². The average molecular weight is 337 g/mol. The van der Waals surface area contributed by atoms with Crippen LogP contribution in [0.1, 0.15) is 17.7 Å². The third-order valence-corrected chi connectivity index (χ3v) is 4.83. The molecule has 5 nitrogen and oxygen atoms in total. The van der Waals surface area contributed by atoms with Crippen LogP contribution in [0.25, 0.3) is 0 Å². The number of hydrogen-bond acceptors (Lipinski definition) is 5. The van der Waals surface area contributed by atoms with Gasteiger partial charge in [-0.25, -0.2) is 0 Å². The molecule has 1 fully saturated rings. The predicted molar refractivity (Wildman–Crippen MR) is 88.1 cm³/mol. The molecule has 22 heavy (non-hydrogen) atoms. The summed E-state index contributed by atoms with van der Waals surface area (Å²) in [5, 5.41) is 13.4. The summed E-state index contributed by atoms with van der Waals surface area (Å²) in [6.45, 7) is 2.17. The van der Waals surface area contributed by atoms with E-state index in [0.29, 0.717) is 18.2 Å². The van der Waals surface area contributed by atoms with Crippen LogP contribution in [0, 0.1) is 5.92 Å². The molecule has 2 aromatic rings. The molecule has 3 heterocycles. The Kier molecular flexibility index (Phi) is 4.90. The zero-order chi connectivity index (χ0) is 15.4. The van der Waals surface area contributed by atoms with Gasteiger partial charge in [0.25, 0.3) is 0 Å². The van der Waals surface area contributed by atoms with Crippen molar-refractivity contribution in [2.24, 2.45) is 5.92 Å². The molecule has 0 saturated carbocycles. The van der Waals surface area contributed by atoms with Gasteiger partial charge in [-0.3, -0.25) is 4.79 Å². The fourth-order valence-corrected chi connectivity index (χ4v) is 3.35. The molecule has 0 unspecified atom stereocenters. The van der Waals surface area contributed by atoms with Crippen molar-refractivity contribution in [3.05, 3.63) is 39.7 Å². The number of nitrogens with one attached hydrogen (secondary N) is 1. The third-order valence-electron chi connectivity index (χ3n) is 3.75. The first kappa shape index (κ1) is 15.2. The number of piperidine rings is 1. The van der Waals surface area contributed by atoms with Crippen LogP contribution in [0.5, 0.6) is 0 Å². The number of hydrogen-bond donors (Lipinski definition) is 1. The quantitative estimate of drug-likeness (QED) is 0.932. The number of halogens is 1. The highest BCUT2D eigenvalue weighted by Crippen LogP contribution is 2.22. The van der Waals surface area contributed by atoms with Gasteiger partial charge in [-0.05, 0) is 36.4 Å². The molecule has 1 N–H and O–H groups in total. The molecule has 1 amide bonds. The van der Waals surface area contributed by atoms with Gasteiger partial charge in [0, 0.05) is 18.0 Å². The fourth-order valence-electron chi connectivity index (χ4n) is 2.61. The molecule has 0 radical (unpaired) electrons. The van der Waals surface area contributed by atoms with Crippen LogP contribution in [-0.2, 0) is 11.3 Å². The van der Waals surface area contributed by atoms with Crippen LogP contribution in [0.15, 0.2) is 29.6 Å². The molecule has 1 atom stereocenters. The Bertz CT molecular complexity index is 617. The molecule has 1 aliphatic rings. The molecule has 116 valence electrons. The minimum absolute atomic E-state index is 0.00816. The molecule has 0 bridgehead atoms. The maximum atomic E-state index is 12.3. The maximum Gasteiger partial charge on any atom is 0.225 e. The van der Waals surface area contributed by atoms with E-state index in [1.54, 1.807) is 17.4 Å². The van der Waals surface area contributed by atoms with Crippen molar-refractivity contribution in [3.8, 4) is 0 Å². The molecule has 0 aromatic carbocycles.